The summed E-state index contributed by atoms with van der Waals surface area (Å²) in [6, 6.07) is 12.8. The van der Waals surface area contributed by atoms with Gasteiger partial charge in [0.25, 0.3) is 5.91 Å². The number of hydrogen-bond acceptors (Lipinski definition) is 3. The van der Waals surface area contributed by atoms with Crippen molar-refractivity contribution in [1.29, 1.82) is 0 Å². The number of amides is 1. The van der Waals surface area contributed by atoms with E-state index in [0.717, 1.165) is 11.3 Å². The molecule has 1 aromatic carbocycles. The molecule has 0 aliphatic rings. The number of hydrogen-bond donors (Lipinski definition) is 1. The maximum absolute atomic E-state index is 11.7. The van der Waals surface area contributed by atoms with E-state index in [1.165, 1.54) is 0 Å². The van der Waals surface area contributed by atoms with Crippen molar-refractivity contribution in [3.63, 3.8) is 0 Å². The molecule has 2 rings (SSSR count). The standard InChI is InChI=1S/C14H14N2O2/c1-11-5-7-12(8-6-11)14(17)16-18-10-13-4-2-3-9-15-13/h2-9H,10H2,1H3,(H,16,17). The minimum Gasteiger partial charge on any atom is -0.267 e. The molecule has 4 heteroatoms. The number of rotatable bonds is 4. The molecule has 0 unspecified atom stereocenters. The Labute approximate surface area is 106 Å². The minimum atomic E-state index is -0.258. The Hall–Kier alpha value is -2.20. The maximum atomic E-state index is 11.7. The highest BCUT2D eigenvalue weighted by Crippen LogP contribution is 2.03. The Balaban J connectivity index is 1.84. The molecule has 92 valence electrons. The van der Waals surface area contributed by atoms with Crippen LogP contribution in [0.4, 0.5) is 0 Å². The minimum absolute atomic E-state index is 0.248. The van der Waals surface area contributed by atoms with E-state index in [1.54, 1.807) is 18.3 Å². The van der Waals surface area contributed by atoms with Crippen molar-refractivity contribution in [1.82, 2.24) is 10.5 Å². The second-order valence-electron chi connectivity index (χ2n) is 3.91. The van der Waals surface area contributed by atoms with Gasteiger partial charge in [-0.15, -0.1) is 0 Å². The Morgan fingerprint density at radius 2 is 2.00 bits per heavy atom. The molecule has 0 bridgehead atoms. The highest BCUT2D eigenvalue weighted by atomic mass is 16.6. The van der Waals surface area contributed by atoms with E-state index in [1.807, 2.05) is 37.3 Å². The van der Waals surface area contributed by atoms with Crippen LogP contribution in [-0.2, 0) is 11.4 Å². The lowest BCUT2D eigenvalue weighted by molar-refractivity contribution is 0.0222. The second kappa shape index (κ2) is 5.93. The van der Waals surface area contributed by atoms with Crippen molar-refractivity contribution in [2.45, 2.75) is 13.5 Å². The van der Waals surface area contributed by atoms with E-state index in [9.17, 15) is 4.79 Å². The molecule has 0 radical (unpaired) electrons. The Kier molecular flexibility index (Phi) is 4.04. The molecule has 18 heavy (non-hydrogen) atoms. The van der Waals surface area contributed by atoms with E-state index in [-0.39, 0.29) is 12.5 Å². The van der Waals surface area contributed by atoms with Gasteiger partial charge in [0, 0.05) is 11.8 Å². The molecule has 1 amide bonds. The van der Waals surface area contributed by atoms with Gasteiger partial charge >= 0.3 is 0 Å². The fourth-order valence-electron chi connectivity index (χ4n) is 1.42. The molecule has 1 heterocycles. The molecule has 0 saturated heterocycles. The number of benzene rings is 1. The summed E-state index contributed by atoms with van der Waals surface area (Å²) in [4.78, 5) is 20.9. The smallest absolute Gasteiger partial charge is 0.267 e. The fraction of sp³-hybridized carbons (Fsp3) is 0.143. The van der Waals surface area contributed by atoms with Gasteiger partial charge in [-0.05, 0) is 31.2 Å². The SMILES string of the molecule is Cc1ccc(C(=O)NOCc2ccccn2)cc1. The molecule has 0 saturated carbocycles. The predicted octanol–water partition coefficient (Wildman–Crippen LogP) is 2.25. The van der Waals surface area contributed by atoms with Crippen molar-refractivity contribution in [2.24, 2.45) is 0 Å². The van der Waals surface area contributed by atoms with Gasteiger partial charge in [-0.2, -0.15) is 0 Å². The van der Waals surface area contributed by atoms with Crippen LogP contribution in [0, 0.1) is 6.92 Å². The number of nitrogens with one attached hydrogen (secondary N) is 1. The van der Waals surface area contributed by atoms with Gasteiger partial charge in [-0.3, -0.25) is 14.6 Å². The topological polar surface area (TPSA) is 51.2 Å². The van der Waals surface area contributed by atoms with Crippen molar-refractivity contribution in [3.8, 4) is 0 Å². The third kappa shape index (κ3) is 3.40. The fourth-order valence-corrected chi connectivity index (χ4v) is 1.42. The highest BCUT2D eigenvalue weighted by molar-refractivity contribution is 5.93. The molecular weight excluding hydrogens is 228 g/mol. The molecule has 2 aromatic rings. The number of aromatic nitrogens is 1. The molecule has 4 nitrogen and oxygen atoms in total. The van der Waals surface area contributed by atoms with Crippen LogP contribution < -0.4 is 5.48 Å². The van der Waals surface area contributed by atoms with E-state index in [4.69, 9.17) is 4.84 Å². The third-order valence-corrected chi connectivity index (χ3v) is 2.42. The summed E-state index contributed by atoms with van der Waals surface area (Å²) in [5, 5.41) is 0. The maximum Gasteiger partial charge on any atom is 0.274 e. The first kappa shape index (κ1) is 12.3. The molecule has 1 N–H and O–H groups in total. The van der Waals surface area contributed by atoms with Crippen LogP contribution in [0.15, 0.2) is 48.7 Å². The van der Waals surface area contributed by atoms with Crippen LogP contribution in [0.5, 0.6) is 0 Å². The molecule has 0 aliphatic heterocycles. The molecule has 0 spiro atoms. The highest BCUT2D eigenvalue weighted by Gasteiger charge is 2.04. The van der Waals surface area contributed by atoms with E-state index >= 15 is 0 Å². The van der Waals surface area contributed by atoms with Crippen LogP contribution in [0.1, 0.15) is 21.6 Å². The van der Waals surface area contributed by atoms with Gasteiger partial charge in [0.1, 0.15) is 6.61 Å². The lowest BCUT2D eigenvalue weighted by Crippen LogP contribution is -2.23. The molecule has 0 atom stereocenters. The van der Waals surface area contributed by atoms with Crippen LogP contribution in [-0.4, -0.2) is 10.9 Å². The van der Waals surface area contributed by atoms with Gasteiger partial charge in [0.05, 0.1) is 5.69 Å². The Morgan fingerprint density at radius 1 is 1.22 bits per heavy atom. The zero-order valence-corrected chi connectivity index (χ0v) is 10.1. The number of carbonyl (C=O) groups is 1. The summed E-state index contributed by atoms with van der Waals surface area (Å²) < 4.78 is 0. The van der Waals surface area contributed by atoms with Crippen molar-refractivity contribution in [3.05, 3.63) is 65.5 Å². The molecule has 0 aliphatic carbocycles. The summed E-state index contributed by atoms with van der Waals surface area (Å²) in [5.74, 6) is -0.258. The van der Waals surface area contributed by atoms with Crippen molar-refractivity contribution >= 4 is 5.91 Å². The summed E-state index contributed by atoms with van der Waals surface area (Å²) in [6.45, 7) is 2.22. The number of aryl methyl sites for hydroxylation is 1. The van der Waals surface area contributed by atoms with E-state index in [2.05, 4.69) is 10.5 Å². The van der Waals surface area contributed by atoms with Crippen LogP contribution in [0.3, 0.4) is 0 Å². The summed E-state index contributed by atoms with van der Waals surface area (Å²) in [5.41, 5.74) is 4.84. The first-order valence-electron chi connectivity index (χ1n) is 5.64. The number of hydroxylamine groups is 1. The molecule has 1 aromatic heterocycles. The largest absolute Gasteiger partial charge is 0.274 e. The normalized spacial score (nSPS) is 10.1. The van der Waals surface area contributed by atoms with Gasteiger partial charge < -0.3 is 0 Å². The lowest BCUT2D eigenvalue weighted by Gasteiger charge is -2.05. The average Bonchev–Trinajstić information content (AvgIpc) is 2.40. The summed E-state index contributed by atoms with van der Waals surface area (Å²) in [7, 11) is 0. The number of carbonyl (C=O) groups excluding carboxylic acids is 1. The third-order valence-electron chi connectivity index (χ3n) is 2.42. The van der Waals surface area contributed by atoms with Gasteiger partial charge in [-0.25, -0.2) is 5.48 Å². The lowest BCUT2D eigenvalue weighted by atomic mass is 10.1. The molecular formula is C14H14N2O2. The number of nitrogens with zero attached hydrogens (tertiary/aromatic N) is 1. The zero-order valence-electron chi connectivity index (χ0n) is 10.1. The van der Waals surface area contributed by atoms with Crippen LogP contribution in [0.2, 0.25) is 0 Å². The average molecular weight is 242 g/mol. The van der Waals surface area contributed by atoms with Crippen molar-refractivity contribution in [2.75, 3.05) is 0 Å². The van der Waals surface area contributed by atoms with Gasteiger partial charge in [0.2, 0.25) is 0 Å². The first-order chi connectivity index (χ1) is 8.75. The van der Waals surface area contributed by atoms with Gasteiger partial charge in [-0.1, -0.05) is 23.8 Å². The molecule has 0 fully saturated rings. The Bertz CT molecular complexity index is 509. The number of pyridine rings is 1. The van der Waals surface area contributed by atoms with Crippen LogP contribution in [0.25, 0.3) is 0 Å². The first-order valence-corrected chi connectivity index (χ1v) is 5.64. The van der Waals surface area contributed by atoms with E-state index < -0.39 is 0 Å². The summed E-state index contributed by atoms with van der Waals surface area (Å²) in [6.07, 6.45) is 1.68. The van der Waals surface area contributed by atoms with E-state index in [0.29, 0.717) is 5.56 Å². The van der Waals surface area contributed by atoms with Crippen molar-refractivity contribution < 1.29 is 9.63 Å². The summed E-state index contributed by atoms with van der Waals surface area (Å²) >= 11 is 0. The zero-order chi connectivity index (χ0) is 12.8. The predicted molar refractivity (Wildman–Crippen MR) is 67.7 cm³/mol. The Morgan fingerprint density at radius 3 is 2.67 bits per heavy atom. The van der Waals surface area contributed by atoms with Crippen LogP contribution >= 0.6 is 0 Å². The quantitative estimate of drug-likeness (QED) is 0.837. The van der Waals surface area contributed by atoms with Gasteiger partial charge in [0.15, 0.2) is 0 Å². The second-order valence-corrected chi connectivity index (χ2v) is 3.91. The monoisotopic (exact) mass is 242 g/mol.